The van der Waals surface area contributed by atoms with Crippen molar-refractivity contribution in [1.29, 1.82) is 0 Å². The van der Waals surface area contributed by atoms with E-state index in [1.165, 1.54) is 0 Å². The average molecular weight is 246 g/mol. The summed E-state index contributed by atoms with van der Waals surface area (Å²) >= 11 is 0. The lowest BCUT2D eigenvalue weighted by atomic mass is 10.1. The Morgan fingerprint density at radius 2 is 2.06 bits per heavy atom. The predicted octanol–water partition coefficient (Wildman–Crippen LogP) is 2.03. The molecule has 2 heterocycles. The molecule has 0 aromatic carbocycles. The Kier molecular flexibility index (Phi) is 4.34. The molecule has 1 amide bonds. The number of rotatable bonds is 3. The van der Waals surface area contributed by atoms with Crippen molar-refractivity contribution in [3.63, 3.8) is 0 Å². The van der Waals surface area contributed by atoms with Crippen molar-refractivity contribution < 1.29 is 9.53 Å². The van der Waals surface area contributed by atoms with Gasteiger partial charge in [0, 0.05) is 38.3 Å². The first-order valence-corrected chi connectivity index (χ1v) is 6.28. The average Bonchev–Trinajstić information content (AvgIpc) is 2.41. The maximum Gasteiger partial charge on any atom is 0.246 e. The van der Waals surface area contributed by atoms with Gasteiger partial charge in [-0.05, 0) is 25.1 Å². The van der Waals surface area contributed by atoms with E-state index in [9.17, 15) is 4.79 Å². The van der Waals surface area contributed by atoms with Gasteiger partial charge in [0.25, 0.3) is 0 Å². The molecule has 1 aliphatic rings. The molecule has 1 saturated heterocycles. The van der Waals surface area contributed by atoms with Gasteiger partial charge in [-0.15, -0.1) is 0 Å². The molecule has 0 spiro atoms. The summed E-state index contributed by atoms with van der Waals surface area (Å²) in [4.78, 5) is 17.5. The number of carbonyl (C=O) groups is 1. The lowest BCUT2D eigenvalue weighted by Gasteiger charge is -2.31. The molecule has 0 N–H and O–H groups in total. The van der Waals surface area contributed by atoms with Crippen LogP contribution in [0.4, 0.5) is 0 Å². The van der Waals surface area contributed by atoms with Crippen LogP contribution in [0.1, 0.15) is 19.8 Å². The standard InChI is InChI=1S/C14H18N2O2/c1-2-3-14(17)16-10-6-13(7-11-16)18-12-4-8-15-9-5-12/h2-5,8-9,13H,6-7,10-11H2,1H3/b3-2+. The molecule has 0 radical (unpaired) electrons. The molecule has 4 heteroatoms. The molecule has 0 aliphatic carbocycles. The minimum atomic E-state index is 0.0971. The van der Waals surface area contributed by atoms with Gasteiger partial charge in [-0.25, -0.2) is 0 Å². The van der Waals surface area contributed by atoms with Crippen molar-refractivity contribution in [2.45, 2.75) is 25.9 Å². The van der Waals surface area contributed by atoms with Crippen molar-refractivity contribution in [2.24, 2.45) is 0 Å². The Labute approximate surface area is 107 Å². The number of hydrogen-bond acceptors (Lipinski definition) is 3. The number of likely N-dealkylation sites (tertiary alicyclic amines) is 1. The fraction of sp³-hybridized carbons (Fsp3) is 0.429. The first-order valence-electron chi connectivity index (χ1n) is 6.28. The smallest absolute Gasteiger partial charge is 0.246 e. The number of carbonyl (C=O) groups excluding carboxylic acids is 1. The van der Waals surface area contributed by atoms with E-state index in [-0.39, 0.29) is 12.0 Å². The zero-order valence-corrected chi connectivity index (χ0v) is 10.6. The Bertz CT molecular complexity index is 409. The van der Waals surface area contributed by atoms with Crippen LogP contribution in [0.15, 0.2) is 36.7 Å². The second kappa shape index (κ2) is 6.19. The van der Waals surface area contributed by atoms with Crippen molar-refractivity contribution in [3.05, 3.63) is 36.7 Å². The topological polar surface area (TPSA) is 42.4 Å². The van der Waals surface area contributed by atoms with Crippen LogP contribution in [0.5, 0.6) is 5.75 Å². The maximum absolute atomic E-state index is 11.7. The van der Waals surface area contributed by atoms with E-state index in [1.807, 2.05) is 24.0 Å². The monoisotopic (exact) mass is 246 g/mol. The molecule has 96 valence electrons. The first-order chi connectivity index (χ1) is 8.79. The summed E-state index contributed by atoms with van der Waals surface area (Å²) in [5.74, 6) is 0.947. The molecule has 2 rings (SSSR count). The minimum Gasteiger partial charge on any atom is -0.490 e. The quantitative estimate of drug-likeness (QED) is 0.766. The van der Waals surface area contributed by atoms with Gasteiger partial charge >= 0.3 is 0 Å². The molecular weight excluding hydrogens is 228 g/mol. The number of ether oxygens (including phenoxy) is 1. The number of nitrogens with zero attached hydrogens (tertiary/aromatic N) is 2. The van der Waals surface area contributed by atoms with Crippen molar-refractivity contribution in [1.82, 2.24) is 9.88 Å². The predicted molar refractivity (Wildman–Crippen MR) is 69.3 cm³/mol. The summed E-state index contributed by atoms with van der Waals surface area (Å²) < 4.78 is 5.85. The normalized spacial score (nSPS) is 17.1. The molecule has 1 aliphatic heterocycles. The molecule has 1 aromatic heterocycles. The van der Waals surface area contributed by atoms with E-state index in [0.717, 1.165) is 31.7 Å². The van der Waals surface area contributed by atoms with Gasteiger partial charge in [0.1, 0.15) is 11.9 Å². The molecule has 18 heavy (non-hydrogen) atoms. The second-order valence-corrected chi connectivity index (χ2v) is 4.33. The second-order valence-electron chi connectivity index (χ2n) is 4.33. The van der Waals surface area contributed by atoms with Crippen molar-refractivity contribution >= 4 is 5.91 Å². The highest BCUT2D eigenvalue weighted by molar-refractivity contribution is 5.87. The Morgan fingerprint density at radius 1 is 1.39 bits per heavy atom. The lowest BCUT2D eigenvalue weighted by Crippen LogP contribution is -2.41. The van der Waals surface area contributed by atoms with Crippen LogP contribution in [-0.4, -0.2) is 35.0 Å². The molecule has 0 bridgehead atoms. The molecule has 1 aromatic rings. The summed E-state index contributed by atoms with van der Waals surface area (Å²) in [6.07, 6.45) is 8.80. The SMILES string of the molecule is C/C=C/C(=O)N1CCC(Oc2ccncc2)CC1. The van der Waals surface area contributed by atoms with Gasteiger partial charge in [0.05, 0.1) is 0 Å². The van der Waals surface area contributed by atoms with E-state index in [4.69, 9.17) is 4.74 Å². The third-order valence-corrected chi connectivity index (χ3v) is 3.02. The molecule has 0 unspecified atom stereocenters. The van der Waals surface area contributed by atoms with Gasteiger partial charge in [-0.3, -0.25) is 9.78 Å². The van der Waals surface area contributed by atoms with E-state index in [1.54, 1.807) is 24.5 Å². The summed E-state index contributed by atoms with van der Waals surface area (Å²) in [5.41, 5.74) is 0. The van der Waals surface area contributed by atoms with Crippen molar-refractivity contribution in [3.8, 4) is 5.75 Å². The molecule has 1 fully saturated rings. The van der Waals surface area contributed by atoms with E-state index >= 15 is 0 Å². The van der Waals surface area contributed by atoms with Gasteiger partial charge in [0.15, 0.2) is 0 Å². The molecule has 0 atom stereocenters. The van der Waals surface area contributed by atoms with Crippen LogP contribution >= 0.6 is 0 Å². The lowest BCUT2D eigenvalue weighted by molar-refractivity contribution is -0.127. The third-order valence-electron chi connectivity index (χ3n) is 3.02. The van der Waals surface area contributed by atoms with Crippen LogP contribution < -0.4 is 4.74 Å². The zero-order valence-electron chi connectivity index (χ0n) is 10.6. The Morgan fingerprint density at radius 3 is 2.67 bits per heavy atom. The van der Waals surface area contributed by atoms with Crippen LogP contribution in [0.2, 0.25) is 0 Å². The maximum atomic E-state index is 11.7. The summed E-state index contributed by atoms with van der Waals surface area (Å²) in [6.45, 7) is 3.38. The fourth-order valence-electron chi connectivity index (χ4n) is 2.05. The first kappa shape index (κ1) is 12.6. The number of hydrogen-bond donors (Lipinski definition) is 0. The summed E-state index contributed by atoms with van der Waals surface area (Å²) in [6, 6.07) is 3.72. The van der Waals surface area contributed by atoms with Crippen LogP contribution in [0.25, 0.3) is 0 Å². The van der Waals surface area contributed by atoms with Gasteiger partial charge in [-0.2, -0.15) is 0 Å². The molecular formula is C14H18N2O2. The van der Waals surface area contributed by atoms with Crippen molar-refractivity contribution in [2.75, 3.05) is 13.1 Å². The van der Waals surface area contributed by atoms with Gasteiger partial charge < -0.3 is 9.64 Å². The fourth-order valence-corrected chi connectivity index (χ4v) is 2.05. The highest BCUT2D eigenvalue weighted by Gasteiger charge is 2.22. The Balaban J connectivity index is 1.82. The molecule has 0 saturated carbocycles. The number of allylic oxidation sites excluding steroid dienone is 1. The number of pyridine rings is 1. The highest BCUT2D eigenvalue weighted by atomic mass is 16.5. The number of aromatic nitrogens is 1. The summed E-state index contributed by atoms with van der Waals surface area (Å²) in [5, 5.41) is 0. The van der Waals surface area contributed by atoms with E-state index in [0.29, 0.717) is 0 Å². The third kappa shape index (κ3) is 3.32. The van der Waals surface area contributed by atoms with Crippen LogP contribution in [0, 0.1) is 0 Å². The van der Waals surface area contributed by atoms with Gasteiger partial charge in [0.2, 0.25) is 5.91 Å². The van der Waals surface area contributed by atoms with Crippen LogP contribution in [-0.2, 0) is 4.79 Å². The Hall–Kier alpha value is -1.84. The zero-order chi connectivity index (χ0) is 12.8. The number of amides is 1. The minimum absolute atomic E-state index is 0.0971. The number of piperidine rings is 1. The van der Waals surface area contributed by atoms with Gasteiger partial charge in [-0.1, -0.05) is 6.08 Å². The largest absolute Gasteiger partial charge is 0.490 e. The summed E-state index contributed by atoms with van der Waals surface area (Å²) in [7, 11) is 0. The van der Waals surface area contributed by atoms with E-state index < -0.39 is 0 Å². The van der Waals surface area contributed by atoms with Crippen LogP contribution in [0.3, 0.4) is 0 Å². The molecule has 4 nitrogen and oxygen atoms in total. The van der Waals surface area contributed by atoms with E-state index in [2.05, 4.69) is 4.98 Å². The highest BCUT2D eigenvalue weighted by Crippen LogP contribution is 2.18.